The molecule has 0 spiro atoms. The van der Waals surface area contributed by atoms with Gasteiger partial charge >= 0.3 is 0 Å². The number of carbonyl (C=O) groups is 1. The summed E-state index contributed by atoms with van der Waals surface area (Å²) in [5.74, 6) is -0.000301. The minimum Gasteiger partial charge on any atom is -0.349 e. The highest BCUT2D eigenvalue weighted by Crippen LogP contribution is 2.24. The molecule has 1 aromatic rings. The zero-order valence-electron chi connectivity index (χ0n) is 11.9. The Hall–Kier alpha value is -0.350. The van der Waals surface area contributed by atoms with E-state index in [1.54, 1.807) is 0 Å². The van der Waals surface area contributed by atoms with Crippen molar-refractivity contribution in [1.29, 1.82) is 0 Å². The van der Waals surface area contributed by atoms with E-state index in [9.17, 15) is 4.79 Å². The van der Waals surface area contributed by atoms with Gasteiger partial charge in [-0.15, -0.1) is 0 Å². The van der Waals surface area contributed by atoms with Gasteiger partial charge in [-0.2, -0.15) is 0 Å². The summed E-state index contributed by atoms with van der Waals surface area (Å²) in [5, 5.41) is 4.03. The van der Waals surface area contributed by atoms with Gasteiger partial charge in [0.15, 0.2) is 0 Å². The van der Waals surface area contributed by atoms with Crippen LogP contribution in [0.2, 0.25) is 0 Å². The van der Waals surface area contributed by atoms with Crippen LogP contribution in [0.15, 0.2) is 22.7 Å². The van der Waals surface area contributed by atoms with Crippen LogP contribution in [0.25, 0.3) is 0 Å². The van der Waals surface area contributed by atoms with E-state index in [0.717, 1.165) is 27.4 Å². The van der Waals surface area contributed by atoms with E-state index in [2.05, 4.69) is 57.9 Å². The highest BCUT2D eigenvalue weighted by atomic mass is 79.9. The van der Waals surface area contributed by atoms with Crippen LogP contribution in [0.5, 0.6) is 0 Å². The lowest BCUT2D eigenvalue weighted by molar-refractivity contribution is 0.0900. The maximum Gasteiger partial charge on any atom is 0.251 e. The molecule has 1 rings (SSSR count). The number of hydrogen-bond acceptors (Lipinski definition) is 1. The molecule has 0 heterocycles. The number of benzene rings is 1. The zero-order chi connectivity index (χ0) is 14.6. The summed E-state index contributed by atoms with van der Waals surface area (Å²) in [6.45, 7) is 8.40. The van der Waals surface area contributed by atoms with Crippen LogP contribution in [-0.4, -0.2) is 17.3 Å². The minimum atomic E-state index is -0.000301. The molecule has 1 amide bonds. The smallest absolute Gasteiger partial charge is 0.251 e. The summed E-state index contributed by atoms with van der Waals surface area (Å²) >= 11 is 6.92. The highest BCUT2D eigenvalue weighted by molar-refractivity contribution is 9.10. The van der Waals surface area contributed by atoms with Gasteiger partial charge in [0.25, 0.3) is 5.91 Å². The molecule has 0 radical (unpaired) electrons. The second-order valence-electron chi connectivity index (χ2n) is 5.78. The third-order valence-electron chi connectivity index (χ3n) is 3.26. The molecule has 0 aliphatic carbocycles. The molecule has 19 heavy (non-hydrogen) atoms. The number of amides is 1. The lowest BCUT2D eigenvalue weighted by Crippen LogP contribution is -2.44. The van der Waals surface area contributed by atoms with E-state index in [-0.39, 0.29) is 17.4 Å². The van der Waals surface area contributed by atoms with Crippen LogP contribution in [0, 0.1) is 12.3 Å². The lowest BCUT2D eigenvalue weighted by atomic mass is 9.85. The van der Waals surface area contributed by atoms with E-state index in [1.807, 2.05) is 25.1 Å². The molecule has 0 fully saturated rings. The van der Waals surface area contributed by atoms with E-state index < -0.39 is 0 Å². The van der Waals surface area contributed by atoms with Crippen molar-refractivity contribution in [1.82, 2.24) is 5.32 Å². The molecular formula is C15H21Br2NO. The minimum absolute atomic E-state index is 0.000301. The van der Waals surface area contributed by atoms with Crippen LogP contribution >= 0.6 is 31.9 Å². The molecule has 1 aromatic carbocycles. The predicted molar refractivity (Wildman–Crippen MR) is 88.0 cm³/mol. The highest BCUT2D eigenvalue weighted by Gasteiger charge is 2.26. The lowest BCUT2D eigenvalue weighted by Gasteiger charge is -2.31. The van der Waals surface area contributed by atoms with Crippen molar-refractivity contribution in [3.63, 3.8) is 0 Å². The fourth-order valence-corrected chi connectivity index (χ4v) is 2.74. The fraction of sp³-hybridized carbons (Fsp3) is 0.533. The Kier molecular flexibility index (Phi) is 6.06. The number of rotatable bonds is 4. The second kappa shape index (κ2) is 6.89. The summed E-state index contributed by atoms with van der Waals surface area (Å²) in [7, 11) is 0. The van der Waals surface area contributed by atoms with Crippen molar-refractivity contribution >= 4 is 37.8 Å². The van der Waals surface area contributed by atoms with Gasteiger partial charge in [0.05, 0.1) is 0 Å². The summed E-state index contributed by atoms with van der Waals surface area (Å²) < 4.78 is 0.966. The Morgan fingerprint density at radius 3 is 2.53 bits per heavy atom. The van der Waals surface area contributed by atoms with Gasteiger partial charge < -0.3 is 5.32 Å². The third-order valence-corrected chi connectivity index (χ3v) is 4.58. The van der Waals surface area contributed by atoms with Gasteiger partial charge in [-0.1, -0.05) is 58.7 Å². The first kappa shape index (κ1) is 16.7. The van der Waals surface area contributed by atoms with E-state index in [1.165, 1.54) is 0 Å². The van der Waals surface area contributed by atoms with E-state index in [0.29, 0.717) is 0 Å². The molecule has 0 bridgehead atoms. The van der Waals surface area contributed by atoms with Gasteiger partial charge in [-0.25, -0.2) is 0 Å². The Balaban J connectivity index is 2.91. The summed E-state index contributed by atoms with van der Waals surface area (Å²) in [6, 6.07) is 5.86. The summed E-state index contributed by atoms with van der Waals surface area (Å²) in [6.07, 6.45) is 0.919. The summed E-state index contributed by atoms with van der Waals surface area (Å²) in [4.78, 5) is 12.4. The summed E-state index contributed by atoms with van der Waals surface area (Å²) in [5.41, 5.74) is 1.76. The molecule has 4 heteroatoms. The van der Waals surface area contributed by atoms with Gasteiger partial charge in [0.2, 0.25) is 0 Å². The van der Waals surface area contributed by atoms with Gasteiger partial charge in [0, 0.05) is 21.4 Å². The first-order valence-electron chi connectivity index (χ1n) is 6.39. The van der Waals surface area contributed by atoms with E-state index >= 15 is 0 Å². The molecule has 1 N–H and O–H groups in total. The van der Waals surface area contributed by atoms with Crippen LogP contribution in [0.4, 0.5) is 0 Å². The van der Waals surface area contributed by atoms with Gasteiger partial charge in [-0.05, 0) is 36.5 Å². The monoisotopic (exact) mass is 389 g/mol. The Morgan fingerprint density at radius 2 is 2.00 bits per heavy atom. The van der Waals surface area contributed by atoms with Crippen molar-refractivity contribution < 1.29 is 4.79 Å². The number of nitrogens with one attached hydrogen (secondary N) is 1. The number of halogens is 2. The fourth-order valence-electron chi connectivity index (χ4n) is 1.92. The van der Waals surface area contributed by atoms with E-state index in [4.69, 9.17) is 0 Å². The number of carbonyl (C=O) groups excluding carboxylic acids is 1. The van der Waals surface area contributed by atoms with Crippen molar-refractivity contribution in [2.24, 2.45) is 5.41 Å². The quantitative estimate of drug-likeness (QED) is 0.742. The zero-order valence-corrected chi connectivity index (χ0v) is 15.1. The Labute approximate surface area is 132 Å². The molecule has 0 aliphatic rings. The predicted octanol–water partition coefficient (Wildman–Crippen LogP) is 4.69. The Morgan fingerprint density at radius 1 is 1.37 bits per heavy atom. The number of hydrogen-bond donors (Lipinski definition) is 1. The molecular weight excluding hydrogens is 370 g/mol. The van der Waals surface area contributed by atoms with Crippen molar-refractivity contribution in [2.75, 3.05) is 5.33 Å². The van der Waals surface area contributed by atoms with Gasteiger partial charge in [-0.3, -0.25) is 4.79 Å². The topological polar surface area (TPSA) is 29.1 Å². The molecule has 0 aromatic heterocycles. The first-order chi connectivity index (χ1) is 8.77. The first-order valence-corrected chi connectivity index (χ1v) is 8.30. The molecule has 1 unspecified atom stereocenters. The standard InChI is InChI=1S/C15H21Br2NO/c1-10-11(6-5-7-12(10)17)14(19)18-13(8-9-16)15(2,3)4/h5-7,13H,8-9H2,1-4H3,(H,18,19). The van der Waals surface area contributed by atoms with Crippen molar-refractivity contribution in [2.45, 2.75) is 40.2 Å². The SMILES string of the molecule is Cc1c(Br)cccc1C(=O)NC(CCBr)C(C)(C)C. The largest absolute Gasteiger partial charge is 0.349 e. The van der Waals surface area contributed by atoms with Crippen LogP contribution < -0.4 is 5.32 Å². The van der Waals surface area contributed by atoms with Crippen LogP contribution in [0.3, 0.4) is 0 Å². The average Bonchev–Trinajstić information content (AvgIpc) is 2.30. The maximum absolute atomic E-state index is 12.4. The molecule has 1 atom stereocenters. The van der Waals surface area contributed by atoms with Gasteiger partial charge in [0.1, 0.15) is 0 Å². The molecule has 2 nitrogen and oxygen atoms in total. The maximum atomic E-state index is 12.4. The van der Waals surface area contributed by atoms with Crippen LogP contribution in [-0.2, 0) is 0 Å². The second-order valence-corrected chi connectivity index (χ2v) is 7.43. The average molecular weight is 391 g/mol. The molecule has 0 saturated carbocycles. The van der Waals surface area contributed by atoms with Crippen LogP contribution in [0.1, 0.15) is 43.1 Å². The molecule has 106 valence electrons. The number of alkyl halides is 1. The molecule has 0 aliphatic heterocycles. The Bertz CT molecular complexity index is 452. The molecule has 0 saturated heterocycles. The van der Waals surface area contributed by atoms with Crippen molar-refractivity contribution in [3.05, 3.63) is 33.8 Å². The van der Waals surface area contributed by atoms with Crippen molar-refractivity contribution in [3.8, 4) is 0 Å². The third kappa shape index (κ3) is 4.60. The normalized spacial score (nSPS) is 13.2.